The van der Waals surface area contributed by atoms with E-state index in [0.29, 0.717) is 5.01 Å². The maximum absolute atomic E-state index is 11.0. The van der Waals surface area contributed by atoms with Gasteiger partial charge in [0.25, 0.3) is 0 Å². The largest absolute Gasteiger partial charge is 0.292 e. The van der Waals surface area contributed by atoms with Gasteiger partial charge in [-0.3, -0.25) is 4.79 Å². The van der Waals surface area contributed by atoms with Crippen molar-refractivity contribution in [1.82, 2.24) is 4.98 Å². The van der Waals surface area contributed by atoms with Gasteiger partial charge < -0.3 is 0 Å². The number of rotatable bonds is 3. The predicted octanol–water partition coefficient (Wildman–Crippen LogP) is 3.03. The number of carbonyl (C=O) groups is 1. The molecular weight excluding hydrogens is 182 g/mol. The molecule has 0 radical (unpaired) electrons. The fourth-order valence-corrected chi connectivity index (χ4v) is 1.84. The molecule has 1 heterocycles. The molecule has 1 rings (SSSR count). The second-order valence-corrected chi connectivity index (χ2v) is 4.69. The van der Waals surface area contributed by atoms with Crippen LogP contribution in [0.25, 0.3) is 0 Å². The number of nitrogens with zero attached hydrogens (tertiary/aromatic N) is 1. The van der Waals surface area contributed by atoms with E-state index in [9.17, 15) is 4.79 Å². The van der Waals surface area contributed by atoms with Crippen molar-refractivity contribution < 1.29 is 4.79 Å². The van der Waals surface area contributed by atoms with E-state index in [1.54, 1.807) is 6.92 Å². The third-order valence-electron chi connectivity index (χ3n) is 2.38. The molecule has 0 aliphatic rings. The molecule has 0 atom stereocenters. The van der Waals surface area contributed by atoms with Crippen LogP contribution in [0, 0.1) is 0 Å². The summed E-state index contributed by atoms with van der Waals surface area (Å²) in [6, 6.07) is 0. The van der Waals surface area contributed by atoms with Crippen molar-refractivity contribution in [2.75, 3.05) is 0 Å². The lowest BCUT2D eigenvalue weighted by atomic mass is 9.87. The number of hydrogen-bond donors (Lipinski definition) is 0. The van der Waals surface area contributed by atoms with E-state index in [4.69, 9.17) is 0 Å². The van der Waals surface area contributed by atoms with Crippen LogP contribution in [0.15, 0.2) is 5.38 Å². The molecule has 0 fully saturated rings. The van der Waals surface area contributed by atoms with Gasteiger partial charge >= 0.3 is 0 Å². The first-order chi connectivity index (χ1) is 5.97. The molecule has 0 aromatic carbocycles. The van der Waals surface area contributed by atoms with Gasteiger partial charge in [0.05, 0.1) is 5.69 Å². The summed E-state index contributed by atoms with van der Waals surface area (Å²) in [4.78, 5) is 15.3. The molecule has 0 amide bonds. The number of hydrogen-bond acceptors (Lipinski definition) is 3. The van der Waals surface area contributed by atoms with Crippen LogP contribution in [0.2, 0.25) is 0 Å². The van der Waals surface area contributed by atoms with Gasteiger partial charge in [-0.15, -0.1) is 11.3 Å². The van der Waals surface area contributed by atoms with E-state index in [1.165, 1.54) is 11.3 Å². The lowest BCUT2D eigenvalue weighted by molar-refractivity contribution is 0.101. The second-order valence-electron chi connectivity index (χ2n) is 3.83. The predicted molar refractivity (Wildman–Crippen MR) is 55.4 cm³/mol. The zero-order valence-electron chi connectivity index (χ0n) is 8.55. The van der Waals surface area contributed by atoms with Gasteiger partial charge in [0.1, 0.15) is 0 Å². The minimum Gasteiger partial charge on any atom is -0.292 e. The van der Waals surface area contributed by atoms with E-state index >= 15 is 0 Å². The summed E-state index contributed by atoms with van der Waals surface area (Å²) in [5, 5.41) is 2.61. The minimum atomic E-state index is 0.0585. The van der Waals surface area contributed by atoms with E-state index in [-0.39, 0.29) is 11.2 Å². The van der Waals surface area contributed by atoms with E-state index in [2.05, 4.69) is 25.8 Å². The number of aromatic nitrogens is 1. The first kappa shape index (κ1) is 10.4. The van der Waals surface area contributed by atoms with Gasteiger partial charge in [-0.25, -0.2) is 4.98 Å². The van der Waals surface area contributed by atoms with Gasteiger partial charge in [-0.05, 0) is 6.42 Å². The summed E-state index contributed by atoms with van der Waals surface area (Å²) >= 11 is 1.44. The molecule has 0 aliphatic heterocycles. The molecule has 3 heteroatoms. The molecule has 0 aliphatic carbocycles. The highest BCUT2D eigenvalue weighted by atomic mass is 32.1. The molecule has 13 heavy (non-hydrogen) atoms. The number of carbonyl (C=O) groups excluding carboxylic acids is 1. The first-order valence-electron chi connectivity index (χ1n) is 4.44. The first-order valence-corrected chi connectivity index (χ1v) is 5.32. The monoisotopic (exact) mass is 197 g/mol. The Morgan fingerprint density at radius 1 is 1.62 bits per heavy atom. The van der Waals surface area contributed by atoms with Crippen molar-refractivity contribution in [2.45, 2.75) is 39.5 Å². The van der Waals surface area contributed by atoms with Gasteiger partial charge in [0.2, 0.25) is 0 Å². The topological polar surface area (TPSA) is 30.0 Å². The average molecular weight is 197 g/mol. The summed E-state index contributed by atoms with van der Waals surface area (Å²) < 4.78 is 0. The Hall–Kier alpha value is -0.700. The summed E-state index contributed by atoms with van der Waals surface area (Å²) in [6.07, 6.45) is 1.04. The number of Topliss-reactive ketones (excluding diaryl/α,β-unsaturated/α-hetero) is 1. The number of thiazole rings is 1. The molecule has 1 aromatic rings. The summed E-state index contributed by atoms with van der Waals surface area (Å²) in [7, 11) is 0. The van der Waals surface area contributed by atoms with Crippen LogP contribution in [0.3, 0.4) is 0 Å². The van der Waals surface area contributed by atoms with Crippen molar-refractivity contribution >= 4 is 17.1 Å². The highest BCUT2D eigenvalue weighted by Crippen LogP contribution is 2.27. The Bertz CT molecular complexity index is 314. The fourth-order valence-electron chi connectivity index (χ4n) is 0.927. The van der Waals surface area contributed by atoms with Gasteiger partial charge in [0.15, 0.2) is 10.8 Å². The minimum absolute atomic E-state index is 0.0585. The summed E-state index contributed by atoms with van der Waals surface area (Å²) in [6.45, 7) is 7.98. The Morgan fingerprint density at radius 2 is 2.23 bits per heavy atom. The highest BCUT2D eigenvalue weighted by Gasteiger charge is 2.21. The second kappa shape index (κ2) is 3.58. The van der Waals surface area contributed by atoms with Crippen LogP contribution >= 0.6 is 11.3 Å². The highest BCUT2D eigenvalue weighted by molar-refractivity contribution is 7.11. The Morgan fingerprint density at radius 3 is 2.62 bits per heavy atom. The molecule has 2 nitrogen and oxygen atoms in total. The lowest BCUT2D eigenvalue weighted by Gasteiger charge is -2.19. The molecule has 0 saturated heterocycles. The van der Waals surface area contributed by atoms with Crippen LogP contribution in [-0.4, -0.2) is 10.8 Å². The smallest absolute Gasteiger partial charge is 0.188 e. The molecule has 0 spiro atoms. The molecule has 0 bridgehead atoms. The quantitative estimate of drug-likeness (QED) is 0.697. The van der Waals surface area contributed by atoms with Crippen molar-refractivity contribution in [3.05, 3.63) is 16.1 Å². The van der Waals surface area contributed by atoms with Crippen LogP contribution in [0.5, 0.6) is 0 Å². The van der Waals surface area contributed by atoms with Gasteiger partial charge in [-0.1, -0.05) is 20.8 Å². The normalized spacial score (nSPS) is 11.7. The lowest BCUT2D eigenvalue weighted by Crippen LogP contribution is -2.16. The van der Waals surface area contributed by atoms with E-state index in [0.717, 1.165) is 12.1 Å². The maximum atomic E-state index is 11.0. The van der Waals surface area contributed by atoms with Crippen molar-refractivity contribution in [1.29, 1.82) is 0 Å². The molecule has 72 valence electrons. The van der Waals surface area contributed by atoms with Crippen LogP contribution in [0.1, 0.15) is 49.6 Å². The fraction of sp³-hybridized carbons (Fsp3) is 0.600. The zero-order chi connectivity index (χ0) is 10.1. The van der Waals surface area contributed by atoms with Crippen LogP contribution < -0.4 is 0 Å². The molecule has 0 N–H and O–H groups in total. The third kappa shape index (κ3) is 2.15. The third-order valence-corrected chi connectivity index (χ3v) is 3.33. The standard InChI is InChI=1S/C10H15NOS/c1-5-10(3,4)8-6-13-9(11-8)7(2)12/h6H,5H2,1-4H3. The van der Waals surface area contributed by atoms with Gasteiger partial charge in [-0.2, -0.15) is 0 Å². The Balaban J connectivity index is 2.98. The van der Waals surface area contributed by atoms with E-state index in [1.807, 2.05) is 5.38 Å². The average Bonchev–Trinajstić information content (AvgIpc) is 2.52. The zero-order valence-corrected chi connectivity index (χ0v) is 9.36. The van der Waals surface area contributed by atoms with Crippen molar-refractivity contribution in [3.63, 3.8) is 0 Å². The summed E-state index contributed by atoms with van der Waals surface area (Å²) in [5.74, 6) is 0.0585. The van der Waals surface area contributed by atoms with Crippen molar-refractivity contribution in [3.8, 4) is 0 Å². The van der Waals surface area contributed by atoms with Crippen LogP contribution in [-0.2, 0) is 5.41 Å². The summed E-state index contributed by atoms with van der Waals surface area (Å²) in [5.41, 5.74) is 1.12. The van der Waals surface area contributed by atoms with E-state index < -0.39 is 0 Å². The SMILES string of the molecule is CCC(C)(C)c1csc(C(C)=O)n1. The maximum Gasteiger partial charge on any atom is 0.188 e. The van der Waals surface area contributed by atoms with Crippen LogP contribution in [0.4, 0.5) is 0 Å². The van der Waals surface area contributed by atoms with Crippen molar-refractivity contribution in [2.24, 2.45) is 0 Å². The Kier molecular flexibility index (Phi) is 2.86. The molecular formula is C10H15NOS. The number of ketones is 1. The molecule has 0 unspecified atom stereocenters. The molecule has 0 saturated carbocycles. The van der Waals surface area contributed by atoms with Gasteiger partial charge in [0, 0.05) is 17.7 Å². The Labute approximate surface area is 83.0 Å². The molecule has 1 aromatic heterocycles.